The van der Waals surface area contributed by atoms with E-state index in [9.17, 15) is 9.18 Å². The summed E-state index contributed by atoms with van der Waals surface area (Å²) in [6, 6.07) is 8.06. The molecule has 12 heteroatoms. The van der Waals surface area contributed by atoms with Crippen LogP contribution in [-0.4, -0.2) is 94.3 Å². The number of likely N-dealkylation sites (tertiary alicyclic amines) is 1. The second-order valence-corrected chi connectivity index (χ2v) is 10.4. The van der Waals surface area contributed by atoms with Gasteiger partial charge in [-0.25, -0.2) is 4.39 Å². The highest BCUT2D eigenvalue weighted by Crippen LogP contribution is 2.28. The number of amides is 1. The minimum atomic E-state index is -0.605. The predicted octanol–water partition coefficient (Wildman–Crippen LogP) is 3.93. The molecule has 2 aliphatic heterocycles. The van der Waals surface area contributed by atoms with Crippen molar-refractivity contribution in [2.24, 2.45) is 0 Å². The number of piperazine rings is 1. The number of nitrogens with zero attached hydrogens (tertiary/aromatic N) is 7. The Bertz CT molecular complexity index is 1310. The Balaban J connectivity index is 1.39. The monoisotopic (exact) mass is 555 g/mol. The summed E-state index contributed by atoms with van der Waals surface area (Å²) in [6.45, 7) is 12.6. The molecule has 2 saturated heterocycles. The van der Waals surface area contributed by atoms with Gasteiger partial charge in [0.1, 0.15) is 17.5 Å². The van der Waals surface area contributed by atoms with Crippen molar-refractivity contribution in [2.45, 2.75) is 33.2 Å². The molecule has 0 spiro atoms. The van der Waals surface area contributed by atoms with Crippen LogP contribution in [0.5, 0.6) is 0 Å². The molecule has 2 fully saturated rings. The molecule has 1 amide bonds. The summed E-state index contributed by atoms with van der Waals surface area (Å²) in [5.74, 6) is 1.86. The topological polar surface area (TPSA) is 96.5 Å². The summed E-state index contributed by atoms with van der Waals surface area (Å²) in [5, 5.41) is 10.8. The summed E-state index contributed by atoms with van der Waals surface area (Å²) in [4.78, 5) is 31.5. The van der Waals surface area contributed by atoms with Crippen molar-refractivity contribution in [2.75, 3.05) is 67.5 Å². The summed E-state index contributed by atoms with van der Waals surface area (Å²) < 4.78 is 14.4. The fraction of sp³-hybridized carbons (Fsp3) is 0.481. The first-order valence-corrected chi connectivity index (χ1v) is 13.9. The Morgan fingerprint density at radius 1 is 1.13 bits per heavy atom. The van der Waals surface area contributed by atoms with Gasteiger partial charge in [0.05, 0.1) is 11.6 Å². The molecule has 0 bridgehead atoms. The molecule has 5 rings (SSSR count). The largest absolute Gasteiger partial charge is 0.354 e. The zero-order chi connectivity index (χ0) is 27.5. The highest BCUT2D eigenvalue weighted by Gasteiger charge is 2.33. The van der Waals surface area contributed by atoms with E-state index in [1.807, 2.05) is 19.1 Å². The van der Waals surface area contributed by atoms with Gasteiger partial charge in [-0.3, -0.25) is 9.89 Å². The van der Waals surface area contributed by atoms with E-state index in [0.717, 1.165) is 50.7 Å². The maximum Gasteiger partial charge on any atom is 0.256 e. The van der Waals surface area contributed by atoms with Crippen LogP contribution in [0, 0.1) is 12.7 Å². The van der Waals surface area contributed by atoms with Gasteiger partial charge in [0.15, 0.2) is 5.82 Å². The minimum Gasteiger partial charge on any atom is -0.354 e. The number of benzene rings is 1. The van der Waals surface area contributed by atoms with Crippen LogP contribution in [0.4, 0.5) is 27.8 Å². The van der Waals surface area contributed by atoms with Crippen molar-refractivity contribution in [3.8, 4) is 0 Å². The van der Waals surface area contributed by atoms with Crippen LogP contribution in [0.3, 0.4) is 0 Å². The molecular weight excluding hydrogens is 521 g/mol. The van der Waals surface area contributed by atoms with Gasteiger partial charge in [0.2, 0.25) is 5.95 Å². The molecular formula is C27H35ClFN9O. The zero-order valence-corrected chi connectivity index (χ0v) is 23.4. The van der Waals surface area contributed by atoms with Crippen molar-refractivity contribution < 1.29 is 9.18 Å². The maximum absolute atomic E-state index is 14.4. The first kappa shape index (κ1) is 27.1. The number of aromatic nitrogens is 4. The van der Waals surface area contributed by atoms with Crippen LogP contribution in [0.1, 0.15) is 36.3 Å². The molecule has 1 atom stereocenters. The molecule has 10 nitrogen and oxygen atoms in total. The lowest BCUT2D eigenvalue weighted by molar-refractivity contribution is 0.0786. The number of nitrogens with one attached hydrogen (secondary N) is 2. The number of rotatable bonds is 8. The summed E-state index contributed by atoms with van der Waals surface area (Å²) >= 11 is 5.88. The van der Waals surface area contributed by atoms with Crippen molar-refractivity contribution >= 4 is 40.9 Å². The van der Waals surface area contributed by atoms with Gasteiger partial charge in [0.25, 0.3) is 5.91 Å². The first-order valence-electron chi connectivity index (χ1n) is 13.5. The van der Waals surface area contributed by atoms with E-state index >= 15 is 0 Å². The van der Waals surface area contributed by atoms with Crippen molar-refractivity contribution in [3.05, 3.63) is 52.4 Å². The average molecular weight is 556 g/mol. The van der Waals surface area contributed by atoms with Gasteiger partial charge < -0.3 is 24.9 Å². The minimum absolute atomic E-state index is 0.00183. The predicted molar refractivity (Wildman–Crippen MR) is 152 cm³/mol. The molecule has 1 aromatic carbocycles. The third kappa shape index (κ3) is 6.09. The third-order valence-corrected chi connectivity index (χ3v) is 7.69. The van der Waals surface area contributed by atoms with Gasteiger partial charge >= 0.3 is 0 Å². The first-order chi connectivity index (χ1) is 18.8. The number of aryl methyl sites for hydroxylation is 1. The van der Waals surface area contributed by atoms with E-state index < -0.39 is 5.82 Å². The second kappa shape index (κ2) is 11.7. The highest BCUT2D eigenvalue weighted by atomic mass is 35.5. The Labute approximate surface area is 233 Å². The standard InChI is InChI=1S/C27H35ClFN9O/c1-4-35-10-12-36(13-11-35)25-16-23(30-24-14-18(3)33-34-24)31-27(32-25)38(5-2)20-8-9-37(17-20)26(39)21-7-6-19(28)15-22(21)29/h6-7,14-16,20H,4-5,8-13,17H2,1-3H3,(H2,30,31,32,33,34)/t20-/m0/s1. The number of aromatic amines is 1. The lowest BCUT2D eigenvalue weighted by atomic mass is 10.2. The summed E-state index contributed by atoms with van der Waals surface area (Å²) in [6.07, 6.45) is 0.735. The number of hydrogen-bond acceptors (Lipinski definition) is 8. The van der Waals surface area contributed by atoms with Crippen molar-refractivity contribution in [1.82, 2.24) is 30.0 Å². The van der Waals surface area contributed by atoms with Gasteiger partial charge in [-0.15, -0.1) is 0 Å². The second-order valence-electron chi connectivity index (χ2n) is 10.00. The Morgan fingerprint density at radius 2 is 1.92 bits per heavy atom. The van der Waals surface area contributed by atoms with E-state index in [0.29, 0.717) is 37.2 Å². The fourth-order valence-corrected chi connectivity index (χ4v) is 5.42. The number of likely N-dealkylation sites (N-methyl/N-ethyl adjacent to an activating group) is 2. The van der Waals surface area contributed by atoms with Crippen LogP contribution < -0.4 is 15.1 Å². The zero-order valence-electron chi connectivity index (χ0n) is 22.6. The Kier molecular flexibility index (Phi) is 8.18. The van der Waals surface area contributed by atoms with Crippen LogP contribution in [-0.2, 0) is 0 Å². The van der Waals surface area contributed by atoms with E-state index in [-0.39, 0.29) is 22.5 Å². The normalized spacial score (nSPS) is 18.0. The highest BCUT2D eigenvalue weighted by molar-refractivity contribution is 6.30. The van der Waals surface area contributed by atoms with E-state index in [1.54, 1.807) is 11.0 Å². The molecule has 2 aliphatic rings. The summed E-state index contributed by atoms with van der Waals surface area (Å²) in [5.41, 5.74) is 0.985. The number of anilines is 4. The van der Waals surface area contributed by atoms with Gasteiger partial charge in [-0.05, 0) is 45.0 Å². The smallest absolute Gasteiger partial charge is 0.256 e. The number of carbonyl (C=O) groups excluding carboxylic acids is 1. The molecule has 39 heavy (non-hydrogen) atoms. The number of hydrogen-bond donors (Lipinski definition) is 2. The van der Waals surface area contributed by atoms with Crippen LogP contribution in [0.15, 0.2) is 30.3 Å². The lowest BCUT2D eigenvalue weighted by Crippen LogP contribution is -2.46. The van der Waals surface area contributed by atoms with Gasteiger partial charge in [-0.2, -0.15) is 15.1 Å². The molecule has 4 heterocycles. The maximum atomic E-state index is 14.4. The molecule has 208 valence electrons. The number of halogens is 2. The van der Waals surface area contributed by atoms with E-state index in [1.165, 1.54) is 12.1 Å². The fourth-order valence-electron chi connectivity index (χ4n) is 5.26. The van der Waals surface area contributed by atoms with Crippen LogP contribution in [0.2, 0.25) is 5.02 Å². The number of carbonyl (C=O) groups is 1. The van der Waals surface area contributed by atoms with Crippen LogP contribution in [0.25, 0.3) is 0 Å². The molecule has 0 unspecified atom stereocenters. The van der Waals surface area contributed by atoms with Gasteiger partial charge in [-0.1, -0.05) is 18.5 Å². The van der Waals surface area contributed by atoms with E-state index in [4.69, 9.17) is 21.6 Å². The van der Waals surface area contributed by atoms with Crippen molar-refractivity contribution in [1.29, 1.82) is 0 Å². The number of H-pyrrole nitrogens is 1. The Hall–Kier alpha value is -3.44. The lowest BCUT2D eigenvalue weighted by Gasteiger charge is -2.35. The molecule has 3 aromatic rings. The molecule has 0 saturated carbocycles. The van der Waals surface area contributed by atoms with Crippen molar-refractivity contribution in [3.63, 3.8) is 0 Å². The molecule has 0 radical (unpaired) electrons. The molecule has 2 N–H and O–H groups in total. The van der Waals surface area contributed by atoms with E-state index in [2.05, 4.69) is 44.1 Å². The third-order valence-electron chi connectivity index (χ3n) is 7.46. The SMILES string of the molecule is CCN1CCN(c2cc(Nc3cc(C)[nH]n3)nc(N(CC)[C@H]3CCN(C(=O)c4ccc(Cl)cc4F)C3)n2)CC1. The molecule has 2 aromatic heterocycles. The molecule has 0 aliphatic carbocycles. The Morgan fingerprint density at radius 3 is 2.59 bits per heavy atom. The quantitative estimate of drug-likeness (QED) is 0.432. The summed E-state index contributed by atoms with van der Waals surface area (Å²) in [7, 11) is 0. The van der Waals surface area contributed by atoms with Crippen LogP contribution >= 0.6 is 11.6 Å². The van der Waals surface area contributed by atoms with Gasteiger partial charge in [0, 0.05) is 68.7 Å². The average Bonchev–Trinajstić information content (AvgIpc) is 3.58.